The second-order valence-electron chi connectivity index (χ2n) is 4.28. The van der Waals surface area contributed by atoms with Crippen LogP contribution >= 0.6 is 0 Å². The highest BCUT2D eigenvalue weighted by atomic mass is 16.1. The number of rotatable bonds is 1. The van der Waals surface area contributed by atoms with E-state index in [0.29, 0.717) is 0 Å². The van der Waals surface area contributed by atoms with Gasteiger partial charge in [0.25, 0.3) is 0 Å². The van der Waals surface area contributed by atoms with E-state index in [1.165, 1.54) is 28.6 Å². The van der Waals surface area contributed by atoms with Gasteiger partial charge in [0.1, 0.15) is 6.29 Å². The average molecular weight is 199 g/mol. The Kier molecular flexibility index (Phi) is 1.72. The van der Waals surface area contributed by atoms with Crippen molar-refractivity contribution in [3.8, 4) is 0 Å². The van der Waals surface area contributed by atoms with Crippen LogP contribution in [0.5, 0.6) is 0 Å². The first-order valence-corrected chi connectivity index (χ1v) is 5.37. The molecule has 3 rings (SSSR count). The van der Waals surface area contributed by atoms with Crippen LogP contribution in [0, 0.1) is 6.92 Å². The molecule has 0 N–H and O–H groups in total. The Morgan fingerprint density at radius 1 is 1.33 bits per heavy atom. The molecule has 2 heteroatoms. The summed E-state index contributed by atoms with van der Waals surface area (Å²) in [5.74, 6) is 0. The molecule has 2 aromatic rings. The van der Waals surface area contributed by atoms with Crippen molar-refractivity contribution in [1.29, 1.82) is 0 Å². The van der Waals surface area contributed by atoms with E-state index in [-0.39, 0.29) is 0 Å². The largest absolute Gasteiger partial charge is 0.345 e. The van der Waals surface area contributed by atoms with Crippen LogP contribution in [0.3, 0.4) is 0 Å². The van der Waals surface area contributed by atoms with Crippen LogP contribution in [-0.4, -0.2) is 10.9 Å². The Morgan fingerprint density at radius 3 is 3.00 bits per heavy atom. The van der Waals surface area contributed by atoms with Gasteiger partial charge >= 0.3 is 0 Å². The number of hydrogen-bond donors (Lipinski definition) is 0. The number of benzene rings is 1. The van der Waals surface area contributed by atoms with Crippen molar-refractivity contribution < 1.29 is 4.79 Å². The summed E-state index contributed by atoms with van der Waals surface area (Å²) in [6.45, 7) is 3.25. The molecule has 0 radical (unpaired) electrons. The molecule has 1 aliphatic heterocycles. The number of carbonyl (C=O) groups is 1. The van der Waals surface area contributed by atoms with Gasteiger partial charge in [0, 0.05) is 23.2 Å². The van der Waals surface area contributed by atoms with E-state index in [1.807, 2.05) is 12.1 Å². The van der Waals surface area contributed by atoms with Gasteiger partial charge in [0.2, 0.25) is 0 Å². The monoisotopic (exact) mass is 199 g/mol. The molecule has 0 unspecified atom stereocenters. The van der Waals surface area contributed by atoms with E-state index < -0.39 is 0 Å². The minimum Gasteiger partial charge on any atom is -0.345 e. The zero-order valence-electron chi connectivity index (χ0n) is 8.79. The molecule has 1 aromatic carbocycles. The summed E-state index contributed by atoms with van der Waals surface area (Å²) in [6, 6.07) is 6.20. The summed E-state index contributed by atoms with van der Waals surface area (Å²) in [4.78, 5) is 10.8. The molecule has 15 heavy (non-hydrogen) atoms. The van der Waals surface area contributed by atoms with Gasteiger partial charge in [-0.25, -0.2) is 0 Å². The summed E-state index contributed by atoms with van der Waals surface area (Å²) in [5, 5.41) is 1.21. The lowest BCUT2D eigenvalue weighted by atomic mass is 10.0. The zero-order valence-corrected chi connectivity index (χ0v) is 8.79. The van der Waals surface area contributed by atoms with Crippen molar-refractivity contribution in [3.05, 3.63) is 35.0 Å². The van der Waals surface area contributed by atoms with E-state index in [1.54, 1.807) is 0 Å². The van der Waals surface area contributed by atoms with E-state index in [4.69, 9.17) is 0 Å². The first-order chi connectivity index (χ1) is 7.29. The normalized spacial score (nSPS) is 14.5. The highest BCUT2D eigenvalue weighted by molar-refractivity contribution is 5.91. The summed E-state index contributed by atoms with van der Waals surface area (Å²) in [7, 11) is 0. The molecule has 76 valence electrons. The van der Waals surface area contributed by atoms with Crippen molar-refractivity contribution >= 4 is 17.2 Å². The Labute approximate surface area is 88.5 Å². The van der Waals surface area contributed by atoms with Crippen LogP contribution < -0.4 is 0 Å². The van der Waals surface area contributed by atoms with Crippen LogP contribution in [0.15, 0.2) is 18.2 Å². The lowest BCUT2D eigenvalue weighted by Crippen LogP contribution is -2.08. The minimum absolute atomic E-state index is 0.802. The van der Waals surface area contributed by atoms with Crippen molar-refractivity contribution in [1.82, 2.24) is 4.57 Å². The standard InChI is InChI=1S/C13H13NO/c1-9-5-12-7-10(8-15)6-11-3-2-4-14(9)13(11)12/h5-8H,2-4H2,1H3. The highest BCUT2D eigenvalue weighted by Crippen LogP contribution is 2.29. The number of carbonyl (C=O) groups excluding carboxylic acids is 1. The molecule has 2 heterocycles. The first-order valence-electron chi connectivity index (χ1n) is 5.37. The fourth-order valence-electron chi connectivity index (χ4n) is 2.64. The smallest absolute Gasteiger partial charge is 0.150 e. The van der Waals surface area contributed by atoms with Gasteiger partial charge in [-0.15, -0.1) is 0 Å². The molecule has 1 aromatic heterocycles. The molecule has 0 saturated heterocycles. The lowest BCUT2D eigenvalue weighted by molar-refractivity contribution is 0.112. The van der Waals surface area contributed by atoms with Crippen LogP contribution in [0.4, 0.5) is 0 Å². The third-order valence-corrected chi connectivity index (χ3v) is 3.26. The van der Waals surface area contributed by atoms with E-state index in [9.17, 15) is 4.79 Å². The maximum Gasteiger partial charge on any atom is 0.150 e. The molecule has 0 atom stereocenters. The fraction of sp³-hybridized carbons (Fsp3) is 0.308. The lowest BCUT2D eigenvalue weighted by Gasteiger charge is -2.17. The maximum absolute atomic E-state index is 10.8. The molecule has 0 amide bonds. The number of hydrogen-bond acceptors (Lipinski definition) is 1. The number of nitrogens with zero attached hydrogens (tertiary/aromatic N) is 1. The molecular weight excluding hydrogens is 186 g/mol. The van der Waals surface area contributed by atoms with Gasteiger partial charge in [-0.3, -0.25) is 4.79 Å². The third-order valence-electron chi connectivity index (χ3n) is 3.26. The van der Waals surface area contributed by atoms with Crippen molar-refractivity contribution in [2.45, 2.75) is 26.3 Å². The van der Waals surface area contributed by atoms with E-state index in [0.717, 1.165) is 24.8 Å². The van der Waals surface area contributed by atoms with Gasteiger partial charge in [-0.05, 0) is 43.5 Å². The number of aromatic nitrogens is 1. The van der Waals surface area contributed by atoms with Gasteiger partial charge < -0.3 is 4.57 Å². The van der Waals surface area contributed by atoms with Gasteiger partial charge in [0.15, 0.2) is 0 Å². The Balaban J connectivity index is 2.44. The van der Waals surface area contributed by atoms with Crippen LogP contribution in [0.1, 0.15) is 28.0 Å². The van der Waals surface area contributed by atoms with Gasteiger partial charge in [0.05, 0.1) is 5.52 Å². The molecule has 0 aliphatic carbocycles. The SMILES string of the molecule is Cc1cc2cc(C=O)cc3c2n1CCC3. The number of aldehydes is 1. The quantitative estimate of drug-likeness (QED) is 0.647. The van der Waals surface area contributed by atoms with Crippen molar-refractivity contribution in [3.63, 3.8) is 0 Å². The fourth-order valence-corrected chi connectivity index (χ4v) is 2.64. The van der Waals surface area contributed by atoms with E-state index >= 15 is 0 Å². The molecule has 0 saturated carbocycles. The topological polar surface area (TPSA) is 22.0 Å². The second-order valence-corrected chi connectivity index (χ2v) is 4.28. The number of aryl methyl sites for hydroxylation is 3. The zero-order chi connectivity index (χ0) is 10.4. The predicted molar refractivity (Wildman–Crippen MR) is 60.4 cm³/mol. The second kappa shape index (κ2) is 2.96. The van der Waals surface area contributed by atoms with Crippen LogP contribution in [0.2, 0.25) is 0 Å². The van der Waals surface area contributed by atoms with E-state index in [2.05, 4.69) is 17.6 Å². The summed E-state index contributed by atoms with van der Waals surface area (Å²) in [6.07, 6.45) is 3.22. The average Bonchev–Trinajstić information content (AvgIpc) is 2.58. The third kappa shape index (κ3) is 1.14. The van der Waals surface area contributed by atoms with Gasteiger partial charge in [-0.1, -0.05) is 0 Å². The predicted octanol–water partition coefficient (Wildman–Crippen LogP) is 2.71. The Hall–Kier alpha value is -1.57. The van der Waals surface area contributed by atoms with Crippen molar-refractivity contribution in [2.75, 3.05) is 0 Å². The van der Waals surface area contributed by atoms with Crippen LogP contribution in [0.25, 0.3) is 10.9 Å². The molecule has 0 fully saturated rings. The Bertz CT molecular complexity index is 551. The summed E-state index contributed by atoms with van der Waals surface area (Å²) < 4.78 is 2.36. The summed E-state index contributed by atoms with van der Waals surface area (Å²) >= 11 is 0. The van der Waals surface area contributed by atoms with Crippen LogP contribution in [-0.2, 0) is 13.0 Å². The molecule has 0 spiro atoms. The first kappa shape index (κ1) is 8.72. The maximum atomic E-state index is 10.8. The summed E-state index contributed by atoms with van der Waals surface area (Å²) in [5.41, 5.74) is 4.77. The molecule has 0 bridgehead atoms. The molecule has 1 aliphatic rings. The molecular formula is C13H13NO. The highest BCUT2D eigenvalue weighted by Gasteiger charge is 2.15. The minimum atomic E-state index is 0.802. The Morgan fingerprint density at radius 2 is 2.20 bits per heavy atom. The van der Waals surface area contributed by atoms with Gasteiger partial charge in [-0.2, -0.15) is 0 Å². The van der Waals surface area contributed by atoms with Crippen molar-refractivity contribution in [2.24, 2.45) is 0 Å². The molecule has 2 nitrogen and oxygen atoms in total.